The van der Waals surface area contributed by atoms with Gasteiger partial charge in [0, 0.05) is 25.0 Å². The van der Waals surface area contributed by atoms with Crippen LogP contribution in [0.25, 0.3) is 11.1 Å². The molecule has 2 heterocycles. The quantitative estimate of drug-likeness (QED) is 0.286. The minimum absolute atomic E-state index is 0.0531. The molecule has 3 aromatic carbocycles. The molecule has 38 heavy (non-hydrogen) atoms. The van der Waals surface area contributed by atoms with Crippen molar-refractivity contribution < 1.29 is 27.8 Å². The first-order valence-corrected chi connectivity index (χ1v) is 12.2. The predicted octanol–water partition coefficient (Wildman–Crippen LogP) is 7.00. The lowest BCUT2D eigenvalue weighted by molar-refractivity contribution is -0.137. The number of carboxylic acid groups (broad SMARTS) is 1. The van der Waals surface area contributed by atoms with Crippen LogP contribution in [0, 0.1) is 0 Å². The third kappa shape index (κ3) is 5.64. The zero-order valence-corrected chi connectivity index (χ0v) is 20.4. The second-order valence-electron chi connectivity index (χ2n) is 9.22. The Bertz CT molecular complexity index is 1450. The van der Waals surface area contributed by atoms with Crippen LogP contribution in [-0.2, 0) is 25.7 Å². The number of anilines is 1. The van der Waals surface area contributed by atoms with Crippen molar-refractivity contribution in [3.63, 3.8) is 0 Å². The molecule has 0 fully saturated rings. The van der Waals surface area contributed by atoms with E-state index >= 15 is 0 Å². The van der Waals surface area contributed by atoms with Crippen LogP contribution < -0.4 is 9.64 Å². The Morgan fingerprint density at radius 3 is 2.55 bits per heavy atom. The summed E-state index contributed by atoms with van der Waals surface area (Å²) in [5.41, 5.74) is 4.90. The molecule has 0 radical (unpaired) electrons. The minimum atomic E-state index is -4.37. The molecule has 0 saturated heterocycles. The van der Waals surface area contributed by atoms with Crippen molar-refractivity contribution in [1.82, 2.24) is 4.98 Å². The first kappa shape index (κ1) is 25.3. The maximum atomic E-state index is 13.3. The van der Waals surface area contributed by atoms with Crippen molar-refractivity contribution in [3.8, 4) is 16.9 Å². The van der Waals surface area contributed by atoms with Crippen molar-refractivity contribution in [3.05, 3.63) is 113 Å². The van der Waals surface area contributed by atoms with Gasteiger partial charge in [-0.15, -0.1) is 0 Å². The van der Waals surface area contributed by atoms with Crippen LogP contribution in [-0.4, -0.2) is 22.6 Å². The van der Waals surface area contributed by atoms with Crippen molar-refractivity contribution in [1.29, 1.82) is 0 Å². The van der Waals surface area contributed by atoms with E-state index in [4.69, 9.17) is 9.84 Å². The predicted molar refractivity (Wildman–Crippen MR) is 138 cm³/mol. The average Bonchev–Trinajstić information content (AvgIpc) is 2.92. The lowest BCUT2D eigenvalue weighted by Crippen LogP contribution is -2.29. The molecule has 1 aliphatic rings. The van der Waals surface area contributed by atoms with Crippen LogP contribution >= 0.6 is 0 Å². The monoisotopic (exact) mass is 518 g/mol. The number of carbonyl (C=O) groups is 1. The number of rotatable bonds is 7. The number of fused-ring (bicyclic) bond motifs is 1. The highest BCUT2D eigenvalue weighted by Crippen LogP contribution is 2.36. The molecule has 1 aromatic heterocycles. The molecule has 194 valence electrons. The van der Waals surface area contributed by atoms with E-state index in [0.29, 0.717) is 24.5 Å². The van der Waals surface area contributed by atoms with E-state index in [1.807, 2.05) is 53.4 Å². The summed E-state index contributed by atoms with van der Waals surface area (Å²) >= 11 is 0. The van der Waals surface area contributed by atoms with Gasteiger partial charge >= 0.3 is 12.1 Å². The number of pyridine rings is 1. The van der Waals surface area contributed by atoms with Gasteiger partial charge in [-0.1, -0.05) is 54.6 Å². The average molecular weight is 519 g/mol. The van der Waals surface area contributed by atoms with E-state index in [1.54, 1.807) is 6.07 Å². The minimum Gasteiger partial charge on any atom is -0.487 e. The number of ether oxygens (including phenoxy) is 1. The number of aryl methyl sites for hydroxylation is 1. The van der Waals surface area contributed by atoms with Crippen LogP contribution in [0.2, 0.25) is 0 Å². The van der Waals surface area contributed by atoms with Crippen molar-refractivity contribution in [2.45, 2.75) is 32.2 Å². The van der Waals surface area contributed by atoms with Crippen LogP contribution in [0.4, 0.5) is 18.9 Å². The second-order valence-corrected chi connectivity index (χ2v) is 9.22. The summed E-state index contributed by atoms with van der Waals surface area (Å²) in [6, 6.07) is 21.2. The van der Waals surface area contributed by atoms with E-state index in [0.717, 1.165) is 46.7 Å². The zero-order chi connectivity index (χ0) is 26.7. The molecule has 5 rings (SSSR count). The molecule has 0 aliphatic carbocycles. The van der Waals surface area contributed by atoms with Gasteiger partial charge in [0.25, 0.3) is 0 Å². The fourth-order valence-electron chi connectivity index (χ4n) is 4.70. The topological polar surface area (TPSA) is 62.7 Å². The lowest BCUT2D eigenvalue weighted by Gasteiger charge is -2.32. The van der Waals surface area contributed by atoms with E-state index in [1.165, 1.54) is 24.5 Å². The first-order valence-electron chi connectivity index (χ1n) is 12.2. The standard InChI is InChI=1S/C30H25F3N2O3/c31-30(32,33)25-12-11-22-5-3-13-35(28(22)15-25)18-20-7-9-21(10-8-20)27-6-2-1-4-23(27)19-38-26-14-24(29(36)37)16-34-17-26/h1-2,4,6-12,14-17H,3,5,13,18-19H2,(H,36,37). The number of halogens is 3. The largest absolute Gasteiger partial charge is 0.487 e. The SMILES string of the molecule is O=C(O)c1cncc(OCc2ccccc2-c2ccc(CN3CCCc4ccc(C(F)(F)F)cc43)cc2)c1. The number of aromatic carboxylic acids is 1. The van der Waals surface area contributed by atoms with Gasteiger partial charge in [0.2, 0.25) is 0 Å². The summed E-state index contributed by atoms with van der Waals surface area (Å²) in [4.78, 5) is 17.1. The highest BCUT2D eigenvalue weighted by atomic mass is 19.4. The molecule has 0 atom stereocenters. The lowest BCUT2D eigenvalue weighted by atomic mass is 9.97. The van der Waals surface area contributed by atoms with Gasteiger partial charge in [0.15, 0.2) is 0 Å². The molecule has 1 N–H and O–H groups in total. The highest BCUT2D eigenvalue weighted by molar-refractivity contribution is 5.87. The van der Waals surface area contributed by atoms with Crippen LogP contribution in [0.15, 0.2) is 85.2 Å². The van der Waals surface area contributed by atoms with Crippen molar-refractivity contribution >= 4 is 11.7 Å². The zero-order valence-electron chi connectivity index (χ0n) is 20.4. The Balaban J connectivity index is 1.32. The van der Waals surface area contributed by atoms with Gasteiger partial charge in [-0.2, -0.15) is 13.2 Å². The van der Waals surface area contributed by atoms with Crippen LogP contribution in [0.1, 0.15) is 39.0 Å². The Kier molecular flexibility index (Phi) is 7.05. The molecular weight excluding hydrogens is 493 g/mol. The fraction of sp³-hybridized carbons (Fsp3) is 0.200. The molecule has 0 amide bonds. The van der Waals surface area contributed by atoms with Crippen molar-refractivity contribution in [2.75, 3.05) is 11.4 Å². The van der Waals surface area contributed by atoms with E-state index in [9.17, 15) is 18.0 Å². The number of hydrogen-bond acceptors (Lipinski definition) is 4. The third-order valence-corrected chi connectivity index (χ3v) is 6.64. The number of alkyl halides is 3. The number of hydrogen-bond donors (Lipinski definition) is 1. The van der Waals surface area contributed by atoms with Gasteiger partial charge in [0.05, 0.1) is 17.3 Å². The second kappa shape index (κ2) is 10.6. The molecule has 0 spiro atoms. The summed E-state index contributed by atoms with van der Waals surface area (Å²) in [6.07, 6.45) is 0.0439. The Labute approximate surface area is 218 Å². The molecule has 5 nitrogen and oxygen atoms in total. The molecule has 0 saturated carbocycles. The maximum Gasteiger partial charge on any atom is 0.416 e. The summed E-state index contributed by atoms with van der Waals surface area (Å²) in [6.45, 7) is 1.45. The van der Waals surface area contributed by atoms with E-state index in [2.05, 4.69) is 4.98 Å². The molecular formula is C30H25F3N2O3. The number of aromatic nitrogens is 1. The Hall–Kier alpha value is -4.33. The van der Waals surface area contributed by atoms with Crippen LogP contribution in [0.5, 0.6) is 5.75 Å². The van der Waals surface area contributed by atoms with Crippen molar-refractivity contribution in [2.24, 2.45) is 0 Å². The number of nitrogens with zero attached hydrogens (tertiary/aromatic N) is 2. The van der Waals surface area contributed by atoms with Gasteiger partial charge in [0.1, 0.15) is 12.4 Å². The first-order chi connectivity index (χ1) is 18.3. The third-order valence-electron chi connectivity index (χ3n) is 6.64. The van der Waals surface area contributed by atoms with E-state index in [-0.39, 0.29) is 12.2 Å². The van der Waals surface area contributed by atoms with Gasteiger partial charge in [-0.05, 0) is 58.9 Å². The number of carboxylic acids is 1. The fourth-order valence-corrected chi connectivity index (χ4v) is 4.70. The van der Waals surface area contributed by atoms with Gasteiger partial charge in [-0.3, -0.25) is 4.98 Å². The maximum absolute atomic E-state index is 13.3. The van der Waals surface area contributed by atoms with E-state index < -0.39 is 17.7 Å². The molecule has 4 aromatic rings. The van der Waals surface area contributed by atoms with Gasteiger partial charge in [-0.25, -0.2) is 4.79 Å². The van der Waals surface area contributed by atoms with Gasteiger partial charge < -0.3 is 14.7 Å². The Morgan fingerprint density at radius 1 is 1.00 bits per heavy atom. The molecule has 8 heteroatoms. The number of benzene rings is 3. The summed E-state index contributed by atoms with van der Waals surface area (Å²) in [5.74, 6) is -0.706. The Morgan fingerprint density at radius 2 is 1.79 bits per heavy atom. The molecule has 0 bridgehead atoms. The molecule has 0 unspecified atom stereocenters. The highest BCUT2D eigenvalue weighted by Gasteiger charge is 2.32. The van der Waals surface area contributed by atoms with Crippen LogP contribution in [0.3, 0.4) is 0 Å². The normalized spacial score (nSPS) is 13.2. The smallest absolute Gasteiger partial charge is 0.416 e. The summed E-state index contributed by atoms with van der Waals surface area (Å²) in [7, 11) is 0. The molecule has 1 aliphatic heterocycles. The summed E-state index contributed by atoms with van der Waals surface area (Å²) < 4.78 is 45.7. The summed E-state index contributed by atoms with van der Waals surface area (Å²) in [5, 5.41) is 9.16.